The highest BCUT2D eigenvalue weighted by Crippen LogP contribution is 2.20. The lowest BCUT2D eigenvalue weighted by molar-refractivity contribution is -0.153. The van der Waals surface area contributed by atoms with E-state index in [-0.39, 0.29) is 17.9 Å². The van der Waals surface area contributed by atoms with Crippen LogP contribution in [0.4, 0.5) is 0 Å². The third-order valence-electron chi connectivity index (χ3n) is 5.60. The molecule has 2 aromatic rings. The van der Waals surface area contributed by atoms with Crippen LogP contribution in [0.15, 0.2) is 54.6 Å². The van der Waals surface area contributed by atoms with Crippen molar-refractivity contribution in [3.8, 4) is 0 Å². The molecular weight excluding hydrogens is 338 g/mol. The highest BCUT2D eigenvalue weighted by Gasteiger charge is 2.43. The van der Waals surface area contributed by atoms with Crippen LogP contribution < -0.4 is 5.32 Å². The lowest BCUT2D eigenvalue weighted by Gasteiger charge is -2.45. The summed E-state index contributed by atoms with van der Waals surface area (Å²) < 4.78 is 0. The number of amides is 2. The molecular formula is C22H25N3O2. The topological polar surface area (TPSA) is 52.6 Å². The van der Waals surface area contributed by atoms with Crippen molar-refractivity contribution < 1.29 is 9.59 Å². The van der Waals surface area contributed by atoms with Crippen LogP contribution in [0, 0.1) is 6.92 Å². The molecule has 0 radical (unpaired) electrons. The molecule has 0 bridgehead atoms. The van der Waals surface area contributed by atoms with Crippen molar-refractivity contribution in [1.29, 1.82) is 0 Å². The number of piperazine rings is 2. The molecule has 5 heteroatoms. The zero-order chi connectivity index (χ0) is 18.8. The smallest absolute Gasteiger partial charge is 0.246 e. The van der Waals surface area contributed by atoms with Crippen LogP contribution in [0.25, 0.3) is 0 Å². The van der Waals surface area contributed by atoms with E-state index < -0.39 is 6.04 Å². The molecule has 0 unspecified atom stereocenters. The van der Waals surface area contributed by atoms with Crippen LogP contribution in [0.2, 0.25) is 0 Å². The Labute approximate surface area is 160 Å². The number of hydrogen-bond acceptors (Lipinski definition) is 3. The molecule has 4 rings (SSSR count). The SMILES string of the molecule is Cc1ccccc1CN1CCN2C(=O)[C@@H](Cc3ccccc3)NC(=O)[C@H]2C1. The molecule has 0 aromatic heterocycles. The van der Waals surface area contributed by atoms with Crippen LogP contribution >= 0.6 is 0 Å². The molecule has 2 atom stereocenters. The van der Waals surface area contributed by atoms with Gasteiger partial charge in [-0.1, -0.05) is 54.6 Å². The summed E-state index contributed by atoms with van der Waals surface area (Å²) in [7, 11) is 0. The third-order valence-corrected chi connectivity index (χ3v) is 5.60. The van der Waals surface area contributed by atoms with Gasteiger partial charge in [-0.3, -0.25) is 14.5 Å². The molecule has 5 nitrogen and oxygen atoms in total. The summed E-state index contributed by atoms with van der Waals surface area (Å²) in [6, 6.07) is 17.3. The van der Waals surface area contributed by atoms with E-state index in [2.05, 4.69) is 29.3 Å². The predicted molar refractivity (Wildman–Crippen MR) is 104 cm³/mol. The number of nitrogens with one attached hydrogen (secondary N) is 1. The normalized spacial score (nSPS) is 23.1. The minimum absolute atomic E-state index is 0.0370. The average molecular weight is 363 g/mol. The van der Waals surface area contributed by atoms with Gasteiger partial charge in [0.05, 0.1) is 0 Å². The first-order chi connectivity index (χ1) is 13.1. The van der Waals surface area contributed by atoms with Gasteiger partial charge < -0.3 is 10.2 Å². The first kappa shape index (κ1) is 17.7. The second-order valence-electron chi connectivity index (χ2n) is 7.46. The number of fused-ring (bicyclic) bond motifs is 1. The van der Waals surface area contributed by atoms with Crippen LogP contribution in [-0.4, -0.2) is 53.3 Å². The molecule has 2 saturated heterocycles. The molecule has 2 aromatic carbocycles. The standard InChI is InChI=1S/C22H25N3O2/c1-16-7-5-6-10-18(16)14-24-11-12-25-20(15-24)21(26)23-19(22(25)27)13-17-8-3-2-4-9-17/h2-10,19-20H,11-15H2,1H3,(H,23,26)/t19-,20-/m1/s1. The second-order valence-corrected chi connectivity index (χ2v) is 7.46. The molecule has 2 aliphatic rings. The zero-order valence-corrected chi connectivity index (χ0v) is 15.6. The van der Waals surface area contributed by atoms with Gasteiger partial charge in [0, 0.05) is 32.6 Å². The Bertz CT molecular complexity index is 836. The van der Waals surface area contributed by atoms with Gasteiger partial charge >= 0.3 is 0 Å². The van der Waals surface area contributed by atoms with E-state index in [1.165, 1.54) is 11.1 Å². The van der Waals surface area contributed by atoms with Gasteiger partial charge in [0.15, 0.2) is 0 Å². The van der Waals surface area contributed by atoms with E-state index in [9.17, 15) is 9.59 Å². The molecule has 2 heterocycles. The number of carbonyl (C=O) groups excluding carboxylic acids is 2. The molecule has 2 fully saturated rings. The Balaban J connectivity index is 1.43. The van der Waals surface area contributed by atoms with Crippen LogP contribution in [0.1, 0.15) is 16.7 Å². The number of benzene rings is 2. The van der Waals surface area contributed by atoms with E-state index >= 15 is 0 Å². The number of rotatable bonds is 4. The lowest BCUT2D eigenvalue weighted by atomic mass is 9.98. The average Bonchev–Trinajstić information content (AvgIpc) is 2.68. The maximum atomic E-state index is 12.9. The van der Waals surface area contributed by atoms with Gasteiger partial charge in [-0.05, 0) is 23.6 Å². The summed E-state index contributed by atoms with van der Waals surface area (Å²) in [5.74, 6) is 0.00371. The van der Waals surface area contributed by atoms with Crippen molar-refractivity contribution in [1.82, 2.24) is 15.1 Å². The summed E-state index contributed by atoms with van der Waals surface area (Å²) in [6.45, 7) is 4.91. The van der Waals surface area contributed by atoms with Crippen LogP contribution in [0.5, 0.6) is 0 Å². The van der Waals surface area contributed by atoms with Crippen LogP contribution in [-0.2, 0) is 22.6 Å². The van der Waals surface area contributed by atoms with E-state index in [4.69, 9.17) is 0 Å². The molecule has 27 heavy (non-hydrogen) atoms. The number of aryl methyl sites for hydroxylation is 1. The van der Waals surface area contributed by atoms with Gasteiger partial charge in [-0.15, -0.1) is 0 Å². The van der Waals surface area contributed by atoms with E-state index in [0.29, 0.717) is 19.5 Å². The van der Waals surface area contributed by atoms with Gasteiger partial charge in [0.2, 0.25) is 11.8 Å². The Morgan fingerprint density at radius 3 is 2.52 bits per heavy atom. The van der Waals surface area contributed by atoms with Gasteiger partial charge in [0.1, 0.15) is 12.1 Å². The highest BCUT2D eigenvalue weighted by molar-refractivity contribution is 5.97. The molecule has 1 N–H and O–H groups in total. The summed E-state index contributed by atoms with van der Waals surface area (Å²) >= 11 is 0. The summed E-state index contributed by atoms with van der Waals surface area (Å²) in [4.78, 5) is 29.7. The Morgan fingerprint density at radius 1 is 1.00 bits per heavy atom. The van der Waals surface area contributed by atoms with Gasteiger partial charge in [-0.2, -0.15) is 0 Å². The molecule has 2 aliphatic heterocycles. The molecule has 140 valence electrons. The number of hydrogen-bond donors (Lipinski definition) is 1. The quantitative estimate of drug-likeness (QED) is 0.900. The van der Waals surface area contributed by atoms with Crippen LogP contribution in [0.3, 0.4) is 0 Å². The molecule has 2 amide bonds. The monoisotopic (exact) mass is 363 g/mol. The van der Waals surface area contributed by atoms with Crippen molar-refractivity contribution >= 4 is 11.8 Å². The second kappa shape index (κ2) is 7.53. The summed E-state index contributed by atoms with van der Waals surface area (Å²) in [5, 5.41) is 2.95. The molecule has 0 aliphatic carbocycles. The largest absolute Gasteiger partial charge is 0.342 e. The third kappa shape index (κ3) is 3.74. The minimum Gasteiger partial charge on any atom is -0.342 e. The first-order valence-electron chi connectivity index (χ1n) is 9.53. The van der Waals surface area contributed by atoms with Gasteiger partial charge in [-0.25, -0.2) is 0 Å². The van der Waals surface area contributed by atoms with Crippen molar-refractivity contribution in [2.75, 3.05) is 19.6 Å². The lowest BCUT2D eigenvalue weighted by Crippen LogP contribution is -2.69. The maximum Gasteiger partial charge on any atom is 0.246 e. The molecule has 0 spiro atoms. The van der Waals surface area contributed by atoms with E-state index in [1.54, 1.807) is 4.90 Å². The number of carbonyl (C=O) groups is 2. The fourth-order valence-electron chi connectivity index (χ4n) is 4.02. The zero-order valence-electron chi connectivity index (χ0n) is 15.6. The highest BCUT2D eigenvalue weighted by atomic mass is 16.2. The fraction of sp³-hybridized carbons (Fsp3) is 0.364. The molecule has 0 saturated carbocycles. The Hall–Kier alpha value is -2.66. The Kier molecular flexibility index (Phi) is 4.94. The van der Waals surface area contributed by atoms with Crippen molar-refractivity contribution in [2.24, 2.45) is 0 Å². The summed E-state index contributed by atoms with van der Waals surface area (Å²) in [6.07, 6.45) is 0.543. The fourth-order valence-corrected chi connectivity index (χ4v) is 4.02. The minimum atomic E-state index is -0.459. The van der Waals surface area contributed by atoms with Crippen molar-refractivity contribution in [2.45, 2.75) is 32.0 Å². The Morgan fingerprint density at radius 2 is 1.74 bits per heavy atom. The predicted octanol–water partition coefficient (Wildman–Crippen LogP) is 1.75. The number of nitrogens with zero attached hydrogens (tertiary/aromatic N) is 2. The summed E-state index contributed by atoms with van der Waals surface area (Å²) in [5.41, 5.74) is 3.59. The van der Waals surface area contributed by atoms with E-state index in [0.717, 1.165) is 18.7 Å². The van der Waals surface area contributed by atoms with Crippen molar-refractivity contribution in [3.63, 3.8) is 0 Å². The maximum absolute atomic E-state index is 12.9. The van der Waals surface area contributed by atoms with E-state index in [1.807, 2.05) is 42.5 Å². The van der Waals surface area contributed by atoms with Gasteiger partial charge in [0.25, 0.3) is 0 Å². The first-order valence-corrected chi connectivity index (χ1v) is 9.53. The van der Waals surface area contributed by atoms with Crippen molar-refractivity contribution in [3.05, 3.63) is 71.3 Å².